The van der Waals surface area contributed by atoms with E-state index in [0.717, 1.165) is 43.5 Å². The van der Waals surface area contributed by atoms with Crippen LogP contribution in [-0.2, 0) is 6.42 Å². The van der Waals surface area contributed by atoms with Gasteiger partial charge in [0.25, 0.3) is 5.91 Å². The van der Waals surface area contributed by atoms with Crippen molar-refractivity contribution in [1.29, 1.82) is 0 Å². The molecule has 1 aromatic carbocycles. The summed E-state index contributed by atoms with van der Waals surface area (Å²) in [5.41, 5.74) is 7.88. The van der Waals surface area contributed by atoms with Crippen molar-refractivity contribution < 1.29 is 4.79 Å². The first kappa shape index (κ1) is 16.0. The molecule has 1 aliphatic heterocycles. The van der Waals surface area contributed by atoms with Crippen molar-refractivity contribution in [3.05, 3.63) is 35.4 Å². The number of hydrogen-bond acceptors (Lipinski definition) is 2. The third-order valence-corrected chi connectivity index (χ3v) is 4.61. The number of benzene rings is 1. The Kier molecular flexibility index (Phi) is 5.04. The second kappa shape index (κ2) is 6.61. The topological polar surface area (TPSA) is 46.3 Å². The number of amides is 1. The lowest BCUT2D eigenvalue weighted by molar-refractivity contribution is 0.0608. The highest BCUT2D eigenvalue weighted by Crippen LogP contribution is 2.34. The highest BCUT2D eigenvalue weighted by molar-refractivity contribution is 5.94. The van der Waals surface area contributed by atoms with Crippen molar-refractivity contribution in [2.45, 2.75) is 40.0 Å². The lowest BCUT2D eigenvalue weighted by atomic mass is 9.75. The van der Waals surface area contributed by atoms with E-state index < -0.39 is 0 Å². The molecular weight excluding hydrogens is 260 g/mol. The summed E-state index contributed by atoms with van der Waals surface area (Å²) < 4.78 is 0. The molecule has 2 rings (SSSR count). The Labute approximate surface area is 128 Å². The minimum Gasteiger partial charge on any atom is -0.339 e. The Morgan fingerprint density at radius 2 is 1.95 bits per heavy atom. The van der Waals surface area contributed by atoms with E-state index >= 15 is 0 Å². The molecule has 116 valence electrons. The van der Waals surface area contributed by atoms with Gasteiger partial charge in [0, 0.05) is 18.7 Å². The number of rotatable bonds is 3. The largest absolute Gasteiger partial charge is 0.339 e. The summed E-state index contributed by atoms with van der Waals surface area (Å²) in [5.74, 6) is 0.881. The molecule has 1 aromatic rings. The maximum atomic E-state index is 12.6. The first-order valence-corrected chi connectivity index (χ1v) is 8.00. The summed E-state index contributed by atoms with van der Waals surface area (Å²) in [6.07, 6.45) is 3.04. The normalized spacial score (nSPS) is 17.0. The Hall–Kier alpha value is -1.35. The minimum atomic E-state index is 0.168. The van der Waals surface area contributed by atoms with E-state index in [2.05, 4.69) is 20.8 Å². The van der Waals surface area contributed by atoms with Crippen LogP contribution < -0.4 is 5.73 Å². The van der Waals surface area contributed by atoms with Crippen LogP contribution in [0.15, 0.2) is 24.3 Å². The van der Waals surface area contributed by atoms with Crippen molar-refractivity contribution in [3.8, 4) is 0 Å². The summed E-state index contributed by atoms with van der Waals surface area (Å²) >= 11 is 0. The molecule has 0 aromatic heterocycles. The highest BCUT2D eigenvalue weighted by Gasteiger charge is 2.30. The van der Waals surface area contributed by atoms with E-state index in [1.54, 1.807) is 0 Å². The molecule has 1 saturated heterocycles. The summed E-state index contributed by atoms with van der Waals surface area (Å²) in [6.45, 7) is 9.26. The minimum absolute atomic E-state index is 0.168. The van der Waals surface area contributed by atoms with Crippen molar-refractivity contribution in [3.63, 3.8) is 0 Å². The molecule has 1 fully saturated rings. The Morgan fingerprint density at radius 1 is 1.29 bits per heavy atom. The average Bonchev–Trinajstić information content (AvgIpc) is 2.46. The summed E-state index contributed by atoms with van der Waals surface area (Å²) in [5, 5.41) is 0. The molecule has 0 atom stereocenters. The van der Waals surface area contributed by atoms with Crippen LogP contribution in [0.3, 0.4) is 0 Å². The molecule has 0 saturated carbocycles. The molecule has 1 aliphatic rings. The van der Waals surface area contributed by atoms with Gasteiger partial charge in [0.05, 0.1) is 0 Å². The molecular formula is C18H28N2O. The number of carbonyl (C=O) groups excluding carboxylic acids is 1. The van der Waals surface area contributed by atoms with Gasteiger partial charge in [0.1, 0.15) is 0 Å². The second-order valence-corrected chi connectivity index (χ2v) is 7.17. The van der Waals surface area contributed by atoms with Gasteiger partial charge in [-0.25, -0.2) is 0 Å². The van der Waals surface area contributed by atoms with Crippen LogP contribution in [0.5, 0.6) is 0 Å². The SMILES string of the molecule is CC(C)(C)C1CCN(C(=O)c2cccc(CCN)c2)CC1. The Bertz CT molecular complexity index is 482. The zero-order chi connectivity index (χ0) is 15.5. The molecule has 0 radical (unpaired) electrons. The van der Waals surface area contributed by atoms with Gasteiger partial charge in [-0.05, 0) is 54.8 Å². The van der Waals surface area contributed by atoms with E-state index in [0.29, 0.717) is 17.9 Å². The van der Waals surface area contributed by atoms with Crippen molar-refractivity contribution in [1.82, 2.24) is 4.90 Å². The van der Waals surface area contributed by atoms with Gasteiger partial charge in [-0.3, -0.25) is 4.79 Å². The Balaban J connectivity index is 2.00. The molecule has 1 amide bonds. The fourth-order valence-corrected chi connectivity index (χ4v) is 3.16. The van der Waals surface area contributed by atoms with Crippen LogP contribution in [0, 0.1) is 11.3 Å². The Morgan fingerprint density at radius 3 is 2.52 bits per heavy atom. The van der Waals surface area contributed by atoms with Crippen LogP contribution in [0.4, 0.5) is 0 Å². The van der Waals surface area contributed by atoms with Crippen LogP contribution >= 0.6 is 0 Å². The lowest BCUT2D eigenvalue weighted by Crippen LogP contribution is -2.41. The van der Waals surface area contributed by atoms with E-state index in [9.17, 15) is 4.79 Å². The first-order chi connectivity index (χ1) is 9.91. The number of piperidine rings is 1. The number of nitrogens with zero attached hydrogens (tertiary/aromatic N) is 1. The predicted molar refractivity (Wildman–Crippen MR) is 87.3 cm³/mol. The smallest absolute Gasteiger partial charge is 0.253 e. The lowest BCUT2D eigenvalue weighted by Gasteiger charge is -2.38. The van der Waals surface area contributed by atoms with Gasteiger partial charge in [0.2, 0.25) is 0 Å². The number of nitrogens with two attached hydrogens (primary N) is 1. The van der Waals surface area contributed by atoms with Crippen LogP contribution in [0.2, 0.25) is 0 Å². The summed E-state index contributed by atoms with van der Waals surface area (Å²) in [4.78, 5) is 14.6. The van der Waals surface area contributed by atoms with E-state index in [1.807, 2.05) is 29.2 Å². The zero-order valence-electron chi connectivity index (χ0n) is 13.6. The second-order valence-electron chi connectivity index (χ2n) is 7.17. The third-order valence-electron chi connectivity index (χ3n) is 4.61. The predicted octanol–water partition coefficient (Wildman–Crippen LogP) is 3.09. The van der Waals surface area contributed by atoms with Crippen LogP contribution in [-0.4, -0.2) is 30.4 Å². The number of carbonyl (C=O) groups is 1. The van der Waals surface area contributed by atoms with E-state index in [-0.39, 0.29) is 5.91 Å². The quantitative estimate of drug-likeness (QED) is 0.929. The van der Waals surface area contributed by atoms with Gasteiger partial charge >= 0.3 is 0 Å². The highest BCUT2D eigenvalue weighted by atomic mass is 16.2. The van der Waals surface area contributed by atoms with E-state index in [4.69, 9.17) is 5.73 Å². The molecule has 0 spiro atoms. The first-order valence-electron chi connectivity index (χ1n) is 8.00. The number of hydrogen-bond donors (Lipinski definition) is 1. The zero-order valence-corrected chi connectivity index (χ0v) is 13.6. The van der Waals surface area contributed by atoms with Gasteiger partial charge in [-0.15, -0.1) is 0 Å². The molecule has 3 heteroatoms. The van der Waals surface area contributed by atoms with Gasteiger partial charge in [0.15, 0.2) is 0 Å². The standard InChI is InChI=1S/C18H28N2O/c1-18(2,3)16-8-11-20(12-9-16)17(21)15-6-4-5-14(13-15)7-10-19/h4-6,13,16H,7-12,19H2,1-3H3. The molecule has 21 heavy (non-hydrogen) atoms. The maximum absolute atomic E-state index is 12.6. The van der Waals surface area contributed by atoms with Gasteiger partial charge < -0.3 is 10.6 Å². The van der Waals surface area contributed by atoms with Crippen molar-refractivity contribution >= 4 is 5.91 Å². The maximum Gasteiger partial charge on any atom is 0.253 e. The van der Waals surface area contributed by atoms with Crippen molar-refractivity contribution in [2.75, 3.05) is 19.6 Å². The van der Waals surface area contributed by atoms with Gasteiger partial charge in [-0.2, -0.15) is 0 Å². The molecule has 2 N–H and O–H groups in total. The molecule has 3 nitrogen and oxygen atoms in total. The molecule has 0 bridgehead atoms. The van der Waals surface area contributed by atoms with E-state index in [1.165, 1.54) is 0 Å². The summed E-state index contributed by atoms with van der Waals surface area (Å²) in [6, 6.07) is 7.90. The van der Waals surface area contributed by atoms with Gasteiger partial charge in [-0.1, -0.05) is 32.9 Å². The summed E-state index contributed by atoms with van der Waals surface area (Å²) in [7, 11) is 0. The van der Waals surface area contributed by atoms with Crippen molar-refractivity contribution in [2.24, 2.45) is 17.1 Å². The molecule has 1 heterocycles. The fourth-order valence-electron chi connectivity index (χ4n) is 3.16. The average molecular weight is 288 g/mol. The van der Waals surface area contributed by atoms with Crippen LogP contribution in [0.1, 0.15) is 49.5 Å². The molecule has 0 unspecified atom stereocenters. The fraction of sp³-hybridized carbons (Fsp3) is 0.611. The third kappa shape index (κ3) is 4.07. The number of likely N-dealkylation sites (tertiary alicyclic amines) is 1. The van der Waals surface area contributed by atoms with Crippen LogP contribution in [0.25, 0.3) is 0 Å². The monoisotopic (exact) mass is 288 g/mol. The molecule has 0 aliphatic carbocycles.